The molecule has 0 spiro atoms. The van der Waals surface area contributed by atoms with E-state index in [1.165, 1.54) is 0 Å². The first-order chi connectivity index (χ1) is 23.6. The van der Waals surface area contributed by atoms with Crippen LogP contribution < -0.4 is 15.1 Å². The van der Waals surface area contributed by atoms with Gasteiger partial charge in [-0.25, -0.2) is 0 Å². The summed E-state index contributed by atoms with van der Waals surface area (Å²) in [6.45, 7) is 0. The smallest absolute Gasteiger partial charge is 0.0406 e. The molecular weight excluding hydrogens is 688 g/mol. The Morgan fingerprint density at radius 3 is 0.898 bits per heavy atom. The first kappa shape index (κ1) is 34.7. The zero-order valence-electron chi connectivity index (χ0n) is 27.8. The van der Waals surface area contributed by atoms with Crippen molar-refractivity contribution in [1.29, 1.82) is 0 Å². The molecule has 0 heterocycles. The molecule has 0 aliphatic rings. The van der Waals surface area contributed by atoms with Crippen LogP contribution >= 0.6 is 46.4 Å². The molecule has 0 atom stereocenters. The van der Waals surface area contributed by atoms with Crippen LogP contribution in [0.15, 0.2) is 133 Å². The van der Waals surface area contributed by atoms with Crippen molar-refractivity contribution in [3.63, 3.8) is 0 Å². The normalized spacial score (nSPS) is 11.2. The van der Waals surface area contributed by atoms with Crippen LogP contribution in [0.2, 0.25) is 20.1 Å². The fourth-order valence-electron chi connectivity index (χ4n) is 6.43. The summed E-state index contributed by atoms with van der Waals surface area (Å²) in [6, 6.07) is 45.5. The van der Waals surface area contributed by atoms with Crippen molar-refractivity contribution < 1.29 is 0 Å². The van der Waals surface area contributed by atoms with Crippen LogP contribution in [0.4, 0.5) is 22.7 Å². The Kier molecular flexibility index (Phi) is 10.8. The molecule has 0 amide bonds. The van der Waals surface area contributed by atoms with Crippen molar-refractivity contribution in [1.82, 2.24) is 0 Å². The molecule has 0 bridgehead atoms. The Morgan fingerprint density at radius 2 is 0.653 bits per heavy atom. The summed E-state index contributed by atoms with van der Waals surface area (Å²) in [5.74, 6) is -0.112. The fourth-order valence-corrected chi connectivity index (χ4v) is 6.94. The fraction of sp³-hybridized carbons (Fsp3) is 0.143. The molecule has 3 nitrogen and oxygen atoms in total. The van der Waals surface area contributed by atoms with Crippen LogP contribution in [0.3, 0.4) is 0 Å². The highest BCUT2D eigenvalue weighted by molar-refractivity contribution is 6.31. The molecular formula is C42H37Cl4N3. The predicted molar refractivity (Wildman–Crippen MR) is 213 cm³/mol. The van der Waals surface area contributed by atoms with E-state index in [4.69, 9.17) is 46.4 Å². The quantitative estimate of drug-likeness (QED) is 0.142. The summed E-state index contributed by atoms with van der Waals surface area (Å²) in [7, 11) is 8.30. The van der Waals surface area contributed by atoms with Gasteiger partial charge in [-0.05, 0) is 118 Å². The van der Waals surface area contributed by atoms with Crippen LogP contribution in [-0.4, -0.2) is 28.2 Å². The Balaban J connectivity index is 1.46. The Bertz CT molecular complexity index is 1780. The van der Waals surface area contributed by atoms with Crippen LogP contribution in [0, 0.1) is 0 Å². The second-order valence-electron chi connectivity index (χ2n) is 12.5. The molecule has 7 heteroatoms. The van der Waals surface area contributed by atoms with Gasteiger partial charge in [0.1, 0.15) is 0 Å². The predicted octanol–water partition coefficient (Wildman–Crippen LogP) is 12.5. The molecule has 49 heavy (non-hydrogen) atoms. The third-order valence-corrected chi connectivity index (χ3v) is 9.75. The SMILES string of the molecule is CN(C)c1ccc(Nc2ccc(N(C)C)c(C(c3ccc(Cl)cc3)c3ccc(Cl)cc3)c2)cc1C(c1ccc(Cl)cc1)c1ccc(Cl)cc1. The number of nitrogens with one attached hydrogen (secondary N) is 1. The molecule has 6 rings (SSSR count). The minimum atomic E-state index is -0.0560. The number of hydrogen-bond donors (Lipinski definition) is 1. The summed E-state index contributed by atoms with van der Waals surface area (Å²) < 4.78 is 0. The minimum absolute atomic E-state index is 0.0560. The summed E-state index contributed by atoms with van der Waals surface area (Å²) in [4.78, 5) is 4.32. The van der Waals surface area contributed by atoms with Crippen molar-refractivity contribution in [3.8, 4) is 0 Å². The van der Waals surface area contributed by atoms with Gasteiger partial charge in [-0.3, -0.25) is 0 Å². The third kappa shape index (κ3) is 8.03. The lowest BCUT2D eigenvalue weighted by molar-refractivity contribution is 0.957. The van der Waals surface area contributed by atoms with Crippen LogP contribution in [0.25, 0.3) is 0 Å². The van der Waals surface area contributed by atoms with E-state index in [2.05, 4.69) is 128 Å². The molecule has 0 aromatic heterocycles. The van der Waals surface area contributed by atoms with Gasteiger partial charge in [-0.2, -0.15) is 0 Å². The van der Waals surface area contributed by atoms with Gasteiger partial charge < -0.3 is 15.1 Å². The van der Waals surface area contributed by atoms with Crippen molar-refractivity contribution >= 4 is 69.2 Å². The molecule has 0 saturated carbocycles. The molecule has 0 radical (unpaired) electrons. The number of rotatable bonds is 10. The number of anilines is 4. The van der Waals surface area contributed by atoms with Gasteiger partial charge in [0.05, 0.1) is 0 Å². The monoisotopic (exact) mass is 723 g/mol. The van der Waals surface area contributed by atoms with E-state index in [0.29, 0.717) is 20.1 Å². The second-order valence-corrected chi connectivity index (χ2v) is 14.3. The number of nitrogens with zero attached hydrogens (tertiary/aromatic N) is 2. The van der Waals surface area contributed by atoms with Gasteiger partial charge >= 0.3 is 0 Å². The molecule has 0 aliphatic carbocycles. The Hall–Kier alpha value is -4.12. The highest BCUT2D eigenvalue weighted by Gasteiger charge is 2.24. The standard InChI is InChI=1S/C42H37Cl4N3/c1-48(2)39-23-21-35(25-37(39)41(27-5-13-31(43)14-6-27)28-7-15-32(44)16-8-28)47-36-22-24-40(49(3)4)38(26-36)42(29-9-17-33(45)18-10-29)30-11-19-34(46)20-12-30/h5-26,41-42,47H,1-4H3. The maximum Gasteiger partial charge on any atom is 0.0406 e. The molecule has 0 unspecified atom stereocenters. The molecule has 6 aromatic carbocycles. The van der Waals surface area contributed by atoms with Crippen molar-refractivity contribution in [2.45, 2.75) is 11.8 Å². The van der Waals surface area contributed by atoms with E-state index in [1.54, 1.807) is 0 Å². The van der Waals surface area contributed by atoms with E-state index in [-0.39, 0.29) is 11.8 Å². The van der Waals surface area contributed by atoms with E-state index < -0.39 is 0 Å². The van der Waals surface area contributed by atoms with E-state index in [9.17, 15) is 0 Å². The lowest BCUT2D eigenvalue weighted by atomic mass is 9.83. The molecule has 6 aromatic rings. The zero-order chi connectivity index (χ0) is 34.7. The zero-order valence-corrected chi connectivity index (χ0v) is 30.8. The van der Waals surface area contributed by atoms with E-state index in [1.807, 2.05) is 48.5 Å². The van der Waals surface area contributed by atoms with Crippen LogP contribution in [-0.2, 0) is 0 Å². The molecule has 248 valence electrons. The van der Waals surface area contributed by atoms with Gasteiger partial charge in [-0.1, -0.05) is 94.9 Å². The number of halogens is 4. The molecule has 0 fully saturated rings. The van der Waals surface area contributed by atoms with Crippen molar-refractivity contribution in [2.75, 3.05) is 43.3 Å². The summed E-state index contributed by atoms with van der Waals surface area (Å²) >= 11 is 25.3. The molecule has 1 N–H and O–H groups in total. The van der Waals surface area contributed by atoms with Crippen LogP contribution in [0.1, 0.15) is 45.2 Å². The highest BCUT2D eigenvalue weighted by atomic mass is 35.5. The lowest BCUT2D eigenvalue weighted by Gasteiger charge is -2.27. The van der Waals surface area contributed by atoms with E-state index in [0.717, 1.165) is 56.1 Å². The van der Waals surface area contributed by atoms with Gasteiger partial charge in [0, 0.05) is 82.9 Å². The Labute approximate surface area is 309 Å². The third-order valence-electron chi connectivity index (χ3n) is 8.74. The number of benzene rings is 6. The minimum Gasteiger partial charge on any atom is -0.377 e. The van der Waals surface area contributed by atoms with Gasteiger partial charge in [0.2, 0.25) is 0 Å². The molecule has 0 aliphatic heterocycles. The average molecular weight is 726 g/mol. The maximum absolute atomic E-state index is 6.33. The second kappa shape index (κ2) is 15.2. The number of hydrogen-bond acceptors (Lipinski definition) is 3. The first-order valence-corrected chi connectivity index (χ1v) is 17.5. The van der Waals surface area contributed by atoms with E-state index >= 15 is 0 Å². The van der Waals surface area contributed by atoms with Gasteiger partial charge in [0.15, 0.2) is 0 Å². The summed E-state index contributed by atoms with van der Waals surface area (Å²) in [5, 5.41) is 6.56. The molecule has 0 saturated heterocycles. The topological polar surface area (TPSA) is 18.5 Å². The van der Waals surface area contributed by atoms with Gasteiger partial charge in [0.25, 0.3) is 0 Å². The van der Waals surface area contributed by atoms with Crippen LogP contribution in [0.5, 0.6) is 0 Å². The Morgan fingerprint density at radius 1 is 0.388 bits per heavy atom. The lowest BCUT2D eigenvalue weighted by Crippen LogP contribution is -2.15. The average Bonchev–Trinajstić information content (AvgIpc) is 3.08. The largest absolute Gasteiger partial charge is 0.377 e. The summed E-state index contributed by atoms with van der Waals surface area (Å²) in [5.41, 5.74) is 11.1. The van der Waals surface area contributed by atoms with Crippen molar-refractivity contribution in [2.24, 2.45) is 0 Å². The first-order valence-electron chi connectivity index (χ1n) is 16.0. The summed E-state index contributed by atoms with van der Waals surface area (Å²) in [6.07, 6.45) is 0. The highest BCUT2D eigenvalue weighted by Crippen LogP contribution is 2.42. The maximum atomic E-state index is 6.33. The van der Waals surface area contributed by atoms with Crippen molar-refractivity contribution in [3.05, 3.63) is 187 Å². The van der Waals surface area contributed by atoms with Gasteiger partial charge in [-0.15, -0.1) is 0 Å².